The number of rotatable bonds is 0. The molecule has 0 saturated heterocycles. The summed E-state index contributed by atoms with van der Waals surface area (Å²) in [5.74, 6) is 0.210. The Labute approximate surface area is 83.5 Å². The Morgan fingerprint density at radius 1 is 1.17 bits per heavy atom. The molecule has 1 heterocycles. The summed E-state index contributed by atoms with van der Waals surface area (Å²) in [6.45, 7) is 1.56. The number of nitrogens with zero attached hydrogens (tertiary/aromatic N) is 3. The van der Waals surface area contributed by atoms with E-state index in [1.165, 1.54) is 0 Å². The zero-order chi connectivity index (χ0) is 9.35. The number of aryl methyl sites for hydroxylation is 1. The molecule has 0 atom stereocenters. The number of aromatic hydroxyl groups is 1. The molecule has 1 aromatic rings. The maximum Gasteiger partial charge on any atom is 0.317 e. The number of hydrogen-bond acceptors (Lipinski definition) is 4. The number of halogens is 3. The molecule has 0 unspecified atom stereocenters. The van der Waals surface area contributed by atoms with Crippen molar-refractivity contribution in [2.45, 2.75) is 10.7 Å². The van der Waals surface area contributed by atoms with E-state index < -0.39 is 9.80 Å². The molecule has 0 amide bonds. The standard InChI is InChI=1S/C5H4Cl3N3O/c1-2-9-3(5(6,7)8)11-4(12)10-2/h1H3,(H,9,10,11,12). The average molecular weight is 228 g/mol. The lowest BCUT2D eigenvalue weighted by Crippen LogP contribution is -2.09. The van der Waals surface area contributed by atoms with Crippen LogP contribution in [0.5, 0.6) is 6.01 Å². The van der Waals surface area contributed by atoms with Crippen LogP contribution in [-0.4, -0.2) is 20.1 Å². The molecule has 0 saturated carbocycles. The molecule has 0 aliphatic carbocycles. The molecule has 4 nitrogen and oxygen atoms in total. The highest BCUT2D eigenvalue weighted by Crippen LogP contribution is 2.35. The quantitative estimate of drug-likeness (QED) is 0.687. The SMILES string of the molecule is Cc1nc(O)nc(C(Cl)(Cl)Cl)n1. The predicted octanol–water partition coefficient (Wildman–Crippen LogP) is 1.71. The van der Waals surface area contributed by atoms with Gasteiger partial charge in [0.25, 0.3) is 0 Å². The Morgan fingerprint density at radius 2 is 1.75 bits per heavy atom. The van der Waals surface area contributed by atoms with Crippen molar-refractivity contribution in [1.82, 2.24) is 15.0 Å². The van der Waals surface area contributed by atoms with Gasteiger partial charge in [0, 0.05) is 0 Å². The summed E-state index contributed by atoms with van der Waals surface area (Å²) in [5.41, 5.74) is 0. The van der Waals surface area contributed by atoms with E-state index >= 15 is 0 Å². The molecule has 66 valence electrons. The fourth-order valence-corrected chi connectivity index (χ4v) is 0.848. The van der Waals surface area contributed by atoms with Crippen LogP contribution in [0.25, 0.3) is 0 Å². The van der Waals surface area contributed by atoms with E-state index in [0.717, 1.165) is 0 Å². The second-order valence-corrected chi connectivity index (χ2v) is 4.29. The molecule has 0 aliphatic rings. The third kappa shape index (κ3) is 2.33. The van der Waals surface area contributed by atoms with Crippen molar-refractivity contribution in [3.05, 3.63) is 11.6 Å². The van der Waals surface area contributed by atoms with E-state index in [4.69, 9.17) is 39.9 Å². The molecule has 1 aromatic heterocycles. The molecular weight excluding hydrogens is 224 g/mol. The summed E-state index contributed by atoms with van der Waals surface area (Å²) in [6, 6.07) is -0.455. The zero-order valence-corrected chi connectivity index (χ0v) is 8.19. The lowest BCUT2D eigenvalue weighted by atomic mass is 10.6. The van der Waals surface area contributed by atoms with Gasteiger partial charge < -0.3 is 5.11 Å². The van der Waals surface area contributed by atoms with E-state index in [2.05, 4.69) is 15.0 Å². The fraction of sp³-hybridized carbons (Fsp3) is 0.400. The molecule has 1 rings (SSSR count). The minimum absolute atomic E-state index is 0.0856. The van der Waals surface area contributed by atoms with Crippen LogP contribution in [0.15, 0.2) is 0 Å². The smallest absolute Gasteiger partial charge is 0.317 e. The summed E-state index contributed by atoms with van der Waals surface area (Å²) in [7, 11) is 0. The van der Waals surface area contributed by atoms with Crippen molar-refractivity contribution in [1.29, 1.82) is 0 Å². The first-order valence-corrected chi connectivity index (χ1v) is 4.02. The van der Waals surface area contributed by atoms with Crippen molar-refractivity contribution >= 4 is 34.8 Å². The van der Waals surface area contributed by atoms with Crippen molar-refractivity contribution < 1.29 is 5.11 Å². The Hall–Kier alpha value is -0.320. The van der Waals surface area contributed by atoms with Gasteiger partial charge in [-0.05, 0) is 6.92 Å². The predicted molar refractivity (Wildman–Crippen MR) is 45.5 cm³/mol. The van der Waals surface area contributed by atoms with E-state index in [1.807, 2.05) is 0 Å². The Bertz CT molecular complexity index is 278. The second kappa shape index (κ2) is 3.20. The van der Waals surface area contributed by atoms with Crippen LogP contribution < -0.4 is 0 Å². The highest BCUT2D eigenvalue weighted by atomic mass is 35.6. The molecule has 0 fully saturated rings. The van der Waals surface area contributed by atoms with Gasteiger partial charge in [0.05, 0.1) is 0 Å². The maximum atomic E-state index is 8.92. The molecule has 0 aliphatic heterocycles. The number of aromatic nitrogens is 3. The largest absolute Gasteiger partial charge is 0.479 e. The van der Waals surface area contributed by atoms with Gasteiger partial charge in [-0.3, -0.25) is 0 Å². The maximum absolute atomic E-state index is 8.92. The van der Waals surface area contributed by atoms with E-state index in [1.54, 1.807) is 6.92 Å². The molecule has 0 spiro atoms. The van der Waals surface area contributed by atoms with Crippen LogP contribution in [0.1, 0.15) is 11.6 Å². The average Bonchev–Trinajstić information content (AvgIpc) is 1.82. The van der Waals surface area contributed by atoms with Gasteiger partial charge in [0.2, 0.25) is 3.79 Å². The van der Waals surface area contributed by atoms with Crippen LogP contribution in [0, 0.1) is 6.92 Å². The lowest BCUT2D eigenvalue weighted by Gasteiger charge is -2.08. The van der Waals surface area contributed by atoms with Crippen LogP contribution in [-0.2, 0) is 3.79 Å². The summed E-state index contributed by atoms with van der Waals surface area (Å²) >= 11 is 16.4. The summed E-state index contributed by atoms with van der Waals surface area (Å²) in [6.07, 6.45) is 0. The summed E-state index contributed by atoms with van der Waals surface area (Å²) < 4.78 is -1.73. The molecule has 1 N–H and O–H groups in total. The molecule has 0 aromatic carbocycles. The number of hydrogen-bond donors (Lipinski definition) is 1. The Morgan fingerprint density at radius 3 is 2.17 bits per heavy atom. The van der Waals surface area contributed by atoms with Crippen LogP contribution in [0.3, 0.4) is 0 Å². The van der Waals surface area contributed by atoms with Gasteiger partial charge in [-0.1, -0.05) is 34.8 Å². The third-order valence-electron chi connectivity index (χ3n) is 0.989. The van der Waals surface area contributed by atoms with Gasteiger partial charge in [0.15, 0.2) is 5.82 Å². The van der Waals surface area contributed by atoms with Crippen LogP contribution >= 0.6 is 34.8 Å². The van der Waals surface area contributed by atoms with E-state index in [-0.39, 0.29) is 5.82 Å². The Kier molecular flexibility index (Phi) is 2.61. The van der Waals surface area contributed by atoms with Gasteiger partial charge in [-0.25, -0.2) is 4.98 Å². The second-order valence-electron chi connectivity index (χ2n) is 2.00. The normalized spacial score (nSPS) is 11.7. The topological polar surface area (TPSA) is 58.9 Å². The first-order valence-electron chi connectivity index (χ1n) is 2.88. The minimum Gasteiger partial charge on any atom is -0.479 e. The van der Waals surface area contributed by atoms with Gasteiger partial charge in [-0.15, -0.1) is 0 Å². The first kappa shape index (κ1) is 9.77. The monoisotopic (exact) mass is 227 g/mol. The van der Waals surface area contributed by atoms with Gasteiger partial charge >= 0.3 is 6.01 Å². The molecular formula is C5H4Cl3N3O. The first-order chi connectivity index (χ1) is 5.39. The minimum atomic E-state index is -1.73. The molecule has 12 heavy (non-hydrogen) atoms. The lowest BCUT2D eigenvalue weighted by molar-refractivity contribution is 0.422. The zero-order valence-electron chi connectivity index (χ0n) is 5.92. The van der Waals surface area contributed by atoms with Crippen LogP contribution in [0.2, 0.25) is 0 Å². The highest BCUT2D eigenvalue weighted by Gasteiger charge is 2.27. The van der Waals surface area contributed by atoms with Crippen LogP contribution in [0.4, 0.5) is 0 Å². The van der Waals surface area contributed by atoms with Crippen molar-refractivity contribution in [2.24, 2.45) is 0 Å². The molecule has 0 radical (unpaired) electrons. The summed E-state index contributed by atoms with van der Waals surface area (Å²) in [4.78, 5) is 10.7. The van der Waals surface area contributed by atoms with Gasteiger partial charge in [-0.2, -0.15) is 9.97 Å². The van der Waals surface area contributed by atoms with Crippen molar-refractivity contribution in [3.8, 4) is 6.01 Å². The Balaban J connectivity index is 3.18. The van der Waals surface area contributed by atoms with Crippen molar-refractivity contribution in [3.63, 3.8) is 0 Å². The third-order valence-corrected chi connectivity index (χ3v) is 1.50. The van der Waals surface area contributed by atoms with Gasteiger partial charge in [0.1, 0.15) is 5.82 Å². The molecule has 0 bridgehead atoms. The van der Waals surface area contributed by atoms with E-state index in [0.29, 0.717) is 5.82 Å². The van der Waals surface area contributed by atoms with Crippen molar-refractivity contribution in [2.75, 3.05) is 0 Å². The number of alkyl halides is 3. The highest BCUT2D eigenvalue weighted by molar-refractivity contribution is 6.66. The van der Waals surface area contributed by atoms with E-state index in [9.17, 15) is 0 Å². The summed E-state index contributed by atoms with van der Waals surface area (Å²) in [5, 5.41) is 8.92. The molecule has 7 heteroatoms. The fourth-order valence-electron chi connectivity index (χ4n) is 0.594.